The molecule has 134 valence electrons. The second-order valence-corrected chi connectivity index (χ2v) is 7.64. The first kappa shape index (κ1) is 17.7. The lowest BCUT2D eigenvalue weighted by Crippen LogP contribution is -2.25. The summed E-state index contributed by atoms with van der Waals surface area (Å²) in [6.45, 7) is 2.29. The summed E-state index contributed by atoms with van der Waals surface area (Å²) in [4.78, 5) is 7.03. The van der Waals surface area contributed by atoms with Crippen LogP contribution in [-0.4, -0.2) is 9.97 Å². The zero-order valence-electron chi connectivity index (χ0n) is 14.4. The molecule has 2 saturated carbocycles. The van der Waals surface area contributed by atoms with Crippen molar-refractivity contribution in [1.82, 2.24) is 9.97 Å². The van der Waals surface area contributed by atoms with Gasteiger partial charge in [0.25, 0.3) is 0 Å². The van der Waals surface area contributed by atoms with E-state index in [0.717, 1.165) is 36.2 Å². The fraction of sp³-hybridized carbons (Fsp3) is 0.789. The van der Waals surface area contributed by atoms with Crippen LogP contribution in [0.3, 0.4) is 0 Å². The van der Waals surface area contributed by atoms with Crippen molar-refractivity contribution in [3.05, 3.63) is 23.8 Å². The number of rotatable bonds is 3. The van der Waals surface area contributed by atoms with E-state index in [4.69, 9.17) is 0 Å². The summed E-state index contributed by atoms with van der Waals surface area (Å²) in [6, 6.07) is 0. The van der Waals surface area contributed by atoms with Crippen molar-refractivity contribution in [3.8, 4) is 0 Å². The Morgan fingerprint density at radius 2 is 1.38 bits per heavy atom. The lowest BCUT2D eigenvalue weighted by Gasteiger charge is -2.37. The van der Waals surface area contributed by atoms with Crippen LogP contribution in [0.2, 0.25) is 0 Å². The maximum absolute atomic E-state index is 12.5. The van der Waals surface area contributed by atoms with Crippen LogP contribution in [0.25, 0.3) is 0 Å². The van der Waals surface area contributed by atoms with Gasteiger partial charge in [-0.3, -0.25) is 0 Å². The first-order chi connectivity index (χ1) is 11.5. The molecular formula is C19H27F3N2. The topological polar surface area (TPSA) is 25.8 Å². The Morgan fingerprint density at radius 3 is 1.83 bits per heavy atom. The van der Waals surface area contributed by atoms with Crippen molar-refractivity contribution in [3.63, 3.8) is 0 Å². The van der Waals surface area contributed by atoms with Crippen LogP contribution in [0.5, 0.6) is 0 Å². The lowest BCUT2D eigenvalue weighted by atomic mass is 9.68. The van der Waals surface area contributed by atoms with Gasteiger partial charge in [0.15, 0.2) is 0 Å². The molecule has 1 heterocycles. The van der Waals surface area contributed by atoms with Crippen LogP contribution in [0.15, 0.2) is 12.4 Å². The summed E-state index contributed by atoms with van der Waals surface area (Å²) in [5, 5.41) is 0. The maximum atomic E-state index is 12.5. The zero-order chi connectivity index (χ0) is 17.2. The van der Waals surface area contributed by atoms with Gasteiger partial charge in [-0.2, -0.15) is 13.2 Å². The molecule has 1 aromatic heterocycles. The van der Waals surface area contributed by atoms with Crippen molar-refractivity contribution in [2.45, 2.75) is 76.8 Å². The molecule has 1 aromatic rings. The number of hydrogen-bond donors (Lipinski definition) is 0. The highest BCUT2D eigenvalue weighted by Crippen LogP contribution is 2.44. The molecule has 0 aromatic carbocycles. The molecule has 2 nitrogen and oxygen atoms in total. The predicted octanol–water partition coefficient (Wildman–Crippen LogP) is 5.99. The molecule has 0 amide bonds. The fourth-order valence-electron chi connectivity index (χ4n) is 4.69. The average Bonchev–Trinajstić information content (AvgIpc) is 2.61. The van der Waals surface area contributed by atoms with Crippen molar-refractivity contribution in [2.75, 3.05) is 0 Å². The number of nitrogens with zero attached hydrogens (tertiary/aromatic N) is 2. The zero-order valence-corrected chi connectivity index (χ0v) is 14.4. The molecular weight excluding hydrogens is 313 g/mol. The minimum atomic E-state index is -4.45. The van der Waals surface area contributed by atoms with Crippen LogP contribution < -0.4 is 0 Å². The van der Waals surface area contributed by atoms with E-state index in [2.05, 4.69) is 16.9 Å². The molecule has 0 saturated heterocycles. The van der Waals surface area contributed by atoms with E-state index in [1.807, 2.05) is 0 Å². The number of halogens is 3. The van der Waals surface area contributed by atoms with E-state index >= 15 is 0 Å². The fourth-order valence-corrected chi connectivity index (χ4v) is 4.69. The molecule has 2 fully saturated rings. The van der Waals surface area contributed by atoms with Gasteiger partial charge in [-0.05, 0) is 67.8 Å². The summed E-state index contributed by atoms with van der Waals surface area (Å²) in [7, 11) is 0. The van der Waals surface area contributed by atoms with Gasteiger partial charge >= 0.3 is 6.18 Å². The van der Waals surface area contributed by atoms with E-state index in [1.165, 1.54) is 57.3 Å². The first-order valence-electron chi connectivity index (χ1n) is 9.36. The molecule has 2 aliphatic rings. The van der Waals surface area contributed by atoms with Gasteiger partial charge in [-0.25, -0.2) is 9.97 Å². The van der Waals surface area contributed by atoms with Gasteiger partial charge in [-0.15, -0.1) is 0 Å². The van der Waals surface area contributed by atoms with Crippen LogP contribution in [-0.2, 0) is 6.18 Å². The van der Waals surface area contributed by atoms with E-state index in [1.54, 1.807) is 0 Å². The highest BCUT2D eigenvalue weighted by molar-refractivity contribution is 5.13. The molecule has 0 radical (unpaired) electrons. The van der Waals surface area contributed by atoms with Gasteiger partial charge in [-0.1, -0.05) is 26.2 Å². The summed E-state index contributed by atoms with van der Waals surface area (Å²) in [5.41, 5.74) is 0.871. The van der Waals surface area contributed by atoms with Gasteiger partial charge < -0.3 is 0 Å². The van der Waals surface area contributed by atoms with E-state index in [-0.39, 0.29) is 0 Å². The van der Waals surface area contributed by atoms with Crippen molar-refractivity contribution in [1.29, 1.82) is 0 Å². The van der Waals surface area contributed by atoms with Crippen LogP contribution in [0.4, 0.5) is 13.2 Å². The van der Waals surface area contributed by atoms with Gasteiger partial charge in [0.1, 0.15) is 0 Å². The maximum Gasteiger partial charge on any atom is 0.451 e. The quantitative estimate of drug-likeness (QED) is 0.676. The highest BCUT2D eigenvalue weighted by atomic mass is 19.4. The first-order valence-corrected chi connectivity index (χ1v) is 9.36. The standard InChI is InChI=1S/C19H27F3N2/c1-2-13-3-5-14(6-4-13)15-7-9-16(10-8-15)17-11-23-18(24-12-17)19(20,21)22/h11-16H,2-10H2,1H3. The van der Waals surface area contributed by atoms with Crippen LogP contribution in [0.1, 0.15) is 82.0 Å². The second kappa shape index (κ2) is 7.40. The predicted molar refractivity (Wildman–Crippen MR) is 87.5 cm³/mol. The smallest absolute Gasteiger partial charge is 0.233 e. The van der Waals surface area contributed by atoms with Crippen LogP contribution in [0, 0.1) is 17.8 Å². The molecule has 24 heavy (non-hydrogen) atoms. The highest BCUT2D eigenvalue weighted by Gasteiger charge is 2.35. The Bertz CT molecular complexity index is 510. The molecule has 0 spiro atoms. The Labute approximate surface area is 142 Å². The summed E-state index contributed by atoms with van der Waals surface area (Å²) in [6.07, 6.45) is 9.66. The summed E-state index contributed by atoms with van der Waals surface area (Å²) >= 11 is 0. The van der Waals surface area contributed by atoms with Gasteiger partial charge in [0.05, 0.1) is 0 Å². The Balaban J connectivity index is 1.52. The normalized spacial score (nSPS) is 31.8. The van der Waals surface area contributed by atoms with Gasteiger partial charge in [0.2, 0.25) is 5.82 Å². The Kier molecular flexibility index (Phi) is 5.46. The molecule has 0 aliphatic heterocycles. The molecule has 0 bridgehead atoms. The van der Waals surface area contributed by atoms with Crippen molar-refractivity contribution >= 4 is 0 Å². The van der Waals surface area contributed by atoms with E-state index < -0.39 is 12.0 Å². The summed E-state index contributed by atoms with van der Waals surface area (Å²) in [5.74, 6) is 1.91. The molecule has 2 aliphatic carbocycles. The largest absolute Gasteiger partial charge is 0.451 e. The molecule has 0 unspecified atom stereocenters. The third-order valence-electron chi connectivity index (χ3n) is 6.30. The van der Waals surface area contributed by atoms with E-state index in [9.17, 15) is 13.2 Å². The van der Waals surface area contributed by atoms with Crippen molar-refractivity contribution in [2.24, 2.45) is 17.8 Å². The average molecular weight is 340 g/mol. The molecule has 3 rings (SSSR count). The SMILES string of the molecule is CCC1CCC(C2CCC(c3cnc(C(F)(F)F)nc3)CC2)CC1. The third kappa shape index (κ3) is 4.09. The van der Waals surface area contributed by atoms with Gasteiger partial charge in [0, 0.05) is 12.4 Å². The lowest BCUT2D eigenvalue weighted by molar-refractivity contribution is -0.145. The third-order valence-corrected chi connectivity index (χ3v) is 6.30. The Morgan fingerprint density at radius 1 is 0.875 bits per heavy atom. The number of hydrogen-bond acceptors (Lipinski definition) is 2. The summed E-state index contributed by atoms with van der Waals surface area (Å²) < 4.78 is 37.6. The van der Waals surface area contributed by atoms with E-state index in [0.29, 0.717) is 5.92 Å². The monoisotopic (exact) mass is 340 g/mol. The minimum Gasteiger partial charge on any atom is -0.233 e. The molecule has 0 atom stereocenters. The number of aromatic nitrogens is 2. The second-order valence-electron chi connectivity index (χ2n) is 7.64. The number of alkyl halides is 3. The van der Waals surface area contributed by atoms with Crippen LogP contribution >= 0.6 is 0 Å². The minimum absolute atomic E-state index is 0.329. The molecule has 0 N–H and O–H groups in total. The molecule has 5 heteroatoms. The van der Waals surface area contributed by atoms with Crippen molar-refractivity contribution < 1.29 is 13.2 Å². The Hall–Kier alpha value is -1.13.